The van der Waals surface area contributed by atoms with Gasteiger partial charge in [0, 0.05) is 46.4 Å². The molecule has 3 aromatic heterocycles. The second-order valence-corrected chi connectivity index (χ2v) is 10.3. The molecule has 7 aromatic rings. The fraction of sp³-hybridized carbons (Fsp3) is 0.0263. The monoisotopic (exact) mass is 553 g/mol. The van der Waals surface area contributed by atoms with Gasteiger partial charge in [0.1, 0.15) is 0 Å². The first-order valence-corrected chi connectivity index (χ1v) is 14.2. The van der Waals surface area contributed by atoms with Crippen molar-refractivity contribution in [3.8, 4) is 67.7 Å². The van der Waals surface area contributed by atoms with Crippen LogP contribution in [-0.2, 0) is 0 Å². The first-order valence-electron chi connectivity index (χ1n) is 14.2. The van der Waals surface area contributed by atoms with Crippen LogP contribution in [0.2, 0.25) is 0 Å². The molecule has 4 aromatic carbocycles. The predicted octanol–water partition coefficient (Wildman–Crippen LogP) is 8.97. The zero-order chi connectivity index (χ0) is 29.0. The second-order valence-electron chi connectivity index (χ2n) is 10.3. The molecule has 0 saturated heterocycles. The van der Waals surface area contributed by atoms with E-state index >= 15 is 0 Å². The summed E-state index contributed by atoms with van der Waals surface area (Å²) in [4.78, 5) is 23.4. The Bertz CT molecular complexity index is 1930. The molecule has 0 aliphatic rings. The van der Waals surface area contributed by atoms with Crippen molar-refractivity contribution >= 4 is 0 Å². The van der Waals surface area contributed by atoms with Gasteiger partial charge >= 0.3 is 0 Å². The van der Waals surface area contributed by atoms with Crippen molar-refractivity contribution in [2.24, 2.45) is 0 Å². The summed E-state index contributed by atoms with van der Waals surface area (Å²) in [6.45, 7) is 2.05. The van der Waals surface area contributed by atoms with Crippen LogP contribution in [0.15, 0.2) is 146 Å². The molecule has 0 saturated carbocycles. The smallest absolute Gasteiger partial charge is 0.164 e. The SMILES string of the molecule is Cc1cnccc1-c1ccc(-c2ccc(-c3ccc(-c4nc(-c5ccccc5)nc(-c5ccccc5)n4)cc3)cc2)cn1. The van der Waals surface area contributed by atoms with Crippen LogP contribution in [-0.4, -0.2) is 24.9 Å². The number of benzene rings is 4. The van der Waals surface area contributed by atoms with Crippen LogP contribution in [0.4, 0.5) is 0 Å². The third kappa shape index (κ3) is 5.56. The van der Waals surface area contributed by atoms with Crippen LogP contribution < -0.4 is 0 Å². The van der Waals surface area contributed by atoms with Gasteiger partial charge in [0.05, 0.1) is 5.69 Å². The Balaban J connectivity index is 1.15. The summed E-state index contributed by atoms with van der Waals surface area (Å²) in [5.41, 5.74) is 10.5. The highest BCUT2D eigenvalue weighted by Crippen LogP contribution is 2.29. The maximum absolute atomic E-state index is 4.85. The van der Waals surface area contributed by atoms with Gasteiger partial charge in [0.2, 0.25) is 0 Å². The summed E-state index contributed by atoms with van der Waals surface area (Å²) in [6, 6.07) is 43.2. The van der Waals surface area contributed by atoms with E-state index in [1.807, 2.05) is 79.1 Å². The molecule has 3 heterocycles. The van der Waals surface area contributed by atoms with E-state index in [2.05, 4.69) is 72.6 Å². The number of pyridine rings is 2. The third-order valence-electron chi connectivity index (χ3n) is 7.45. The lowest BCUT2D eigenvalue weighted by atomic mass is 9.99. The average Bonchev–Trinajstić information content (AvgIpc) is 3.09. The number of aryl methyl sites for hydroxylation is 1. The molecule has 0 amide bonds. The number of hydrogen-bond acceptors (Lipinski definition) is 5. The fourth-order valence-electron chi connectivity index (χ4n) is 5.09. The number of rotatable bonds is 6. The molecule has 0 bridgehead atoms. The summed E-state index contributed by atoms with van der Waals surface area (Å²) in [7, 11) is 0. The summed E-state index contributed by atoms with van der Waals surface area (Å²) in [5.74, 6) is 1.96. The van der Waals surface area contributed by atoms with Crippen molar-refractivity contribution in [3.63, 3.8) is 0 Å². The third-order valence-corrected chi connectivity index (χ3v) is 7.45. The van der Waals surface area contributed by atoms with Crippen molar-refractivity contribution in [1.82, 2.24) is 24.9 Å². The largest absolute Gasteiger partial charge is 0.264 e. The minimum absolute atomic E-state index is 0.646. The van der Waals surface area contributed by atoms with E-state index < -0.39 is 0 Å². The van der Waals surface area contributed by atoms with Crippen molar-refractivity contribution in [2.45, 2.75) is 6.92 Å². The van der Waals surface area contributed by atoms with E-state index in [1.54, 1.807) is 6.20 Å². The molecular weight excluding hydrogens is 526 g/mol. The van der Waals surface area contributed by atoms with Crippen LogP contribution in [0.5, 0.6) is 0 Å². The standard InChI is InChI=1S/C38H27N5/c1-26-24-39-23-22-34(26)35-21-20-33(25-40-35)29-14-12-27(13-15-29)28-16-18-32(19-17-28)38-42-36(30-8-4-2-5-9-30)41-37(43-38)31-10-6-3-7-11-31/h2-25H,1H3. The first-order chi connectivity index (χ1) is 21.2. The number of hydrogen-bond donors (Lipinski definition) is 0. The van der Waals surface area contributed by atoms with Gasteiger partial charge in [-0.3, -0.25) is 9.97 Å². The van der Waals surface area contributed by atoms with Crippen molar-refractivity contribution in [1.29, 1.82) is 0 Å². The fourth-order valence-corrected chi connectivity index (χ4v) is 5.09. The minimum atomic E-state index is 0.646. The van der Waals surface area contributed by atoms with E-state index in [4.69, 9.17) is 19.9 Å². The summed E-state index contributed by atoms with van der Waals surface area (Å²) < 4.78 is 0. The van der Waals surface area contributed by atoms with E-state index in [9.17, 15) is 0 Å². The molecule has 0 spiro atoms. The Morgan fingerprint density at radius 2 is 0.837 bits per heavy atom. The molecule has 43 heavy (non-hydrogen) atoms. The lowest BCUT2D eigenvalue weighted by molar-refractivity contribution is 1.07. The highest BCUT2D eigenvalue weighted by atomic mass is 15.0. The Hall–Kier alpha value is -5.81. The quantitative estimate of drug-likeness (QED) is 0.206. The Kier molecular flexibility index (Phi) is 7.04. The molecule has 5 heteroatoms. The van der Waals surface area contributed by atoms with Gasteiger partial charge < -0.3 is 0 Å². The van der Waals surface area contributed by atoms with E-state index in [0.29, 0.717) is 17.5 Å². The predicted molar refractivity (Wildman–Crippen MR) is 173 cm³/mol. The van der Waals surface area contributed by atoms with Crippen molar-refractivity contribution in [2.75, 3.05) is 0 Å². The first kappa shape index (κ1) is 26.1. The number of nitrogens with zero attached hydrogens (tertiary/aromatic N) is 5. The van der Waals surface area contributed by atoms with Gasteiger partial charge in [-0.05, 0) is 41.3 Å². The molecule has 0 aliphatic heterocycles. The van der Waals surface area contributed by atoms with Gasteiger partial charge in [-0.15, -0.1) is 0 Å². The van der Waals surface area contributed by atoms with Gasteiger partial charge in [0.25, 0.3) is 0 Å². The molecule has 0 radical (unpaired) electrons. The zero-order valence-electron chi connectivity index (χ0n) is 23.6. The average molecular weight is 554 g/mol. The molecule has 0 aliphatic carbocycles. The van der Waals surface area contributed by atoms with Gasteiger partial charge in [0.15, 0.2) is 17.5 Å². The van der Waals surface area contributed by atoms with Crippen LogP contribution in [0.25, 0.3) is 67.7 Å². The summed E-state index contributed by atoms with van der Waals surface area (Å²) in [5, 5.41) is 0. The van der Waals surface area contributed by atoms with Crippen molar-refractivity contribution < 1.29 is 0 Å². The zero-order valence-corrected chi connectivity index (χ0v) is 23.6. The van der Waals surface area contributed by atoms with E-state index in [-0.39, 0.29) is 0 Å². The van der Waals surface area contributed by atoms with E-state index in [1.165, 1.54) is 0 Å². The maximum atomic E-state index is 4.85. The minimum Gasteiger partial charge on any atom is -0.264 e. The van der Waals surface area contributed by atoms with Crippen LogP contribution in [0, 0.1) is 6.92 Å². The molecule has 204 valence electrons. The Labute approximate surface area is 250 Å². The molecular formula is C38H27N5. The van der Waals surface area contributed by atoms with Crippen LogP contribution >= 0.6 is 0 Å². The molecule has 0 atom stereocenters. The lowest BCUT2D eigenvalue weighted by Crippen LogP contribution is -2.00. The maximum Gasteiger partial charge on any atom is 0.164 e. The molecule has 5 nitrogen and oxygen atoms in total. The molecule has 0 fully saturated rings. The van der Waals surface area contributed by atoms with Gasteiger partial charge in [-0.25, -0.2) is 15.0 Å². The van der Waals surface area contributed by atoms with Crippen molar-refractivity contribution in [3.05, 3.63) is 152 Å². The van der Waals surface area contributed by atoms with Gasteiger partial charge in [-0.1, -0.05) is 115 Å². The van der Waals surface area contributed by atoms with E-state index in [0.717, 1.165) is 55.8 Å². The summed E-state index contributed by atoms with van der Waals surface area (Å²) >= 11 is 0. The lowest BCUT2D eigenvalue weighted by Gasteiger charge is -2.09. The molecule has 0 unspecified atom stereocenters. The second kappa shape index (κ2) is 11.6. The Morgan fingerprint density at radius 3 is 1.30 bits per heavy atom. The molecule has 0 N–H and O–H groups in total. The number of aromatic nitrogens is 5. The van der Waals surface area contributed by atoms with Crippen LogP contribution in [0.1, 0.15) is 5.56 Å². The summed E-state index contributed by atoms with van der Waals surface area (Å²) in [6.07, 6.45) is 5.60. The normalized spacial score (nSPS) is 10.9. The highest BCUT2D eigenvalue weighted by molar-refractivity contribution is 5.74. The molecule has 7 rings (SSSR count). The van der Waals surface area contributed by atoms with Gasteiger partial charge in [-0.2, -0.15) is 0 Å². The van der Waals surface area contributed by atoms with Crippen LogP contribution in [0.3, 0.4) is 0 Å². The topological polar surface area (TPSA) is 64.5 Å². The highest BCUT2D eigenvalue weighted by Gasteiger charge is 2.12. The Morgan fingerprint density at radius 1 is 0.395 bits per heavy atom.